The maximum absolute atomic E-state index is 11.5. The normalized spacial score (nSPS) is 11.1. The summed E-state index contributed by atoms with van der Waals surface area (Å²) < 4.78 is 12.3. The van der Waals surface area contributed by atoms with Crippen molar-refractivity contribution in [2.75, 3.05) is 12.4 Å². The Hall–Kier alpha value is -1.76. The van der Waals surface area contributed by atoms with Gasteiger partial charge in [-0.2, -0.15) is 0 Å². The fourth-order valence-electron chi connectivity index (χ4n) is 1.97. The van der Waals surface area contributed by atoms with E-state index < -0.39 is 0 Å². The second-order valence-corrected chi connectivity index (χ2v) is 5.70. The number of furan rings is 1. The van der Waals surface area contributed by atoms with Crippen LogP contribution in [0.3, 0.4) is 0 Å². The van der Waals surface area contributed by atoms with E-state index in [1.165, 1.54) is 11.8 Å². The number of aromatic nitrogens is 3. The molecule has 0 saturated carbocycles. The molecule has 7 heteroatoms. The lowest BCUT2D eigenvalue weighted by atomic mass is 10.2. The number of aryl methyl sites for hydroxylation is 1. The molecule has 0 atom stereocenters. The largest absolute Gasteiger partial charge is 0.469 e. The van der Waals surface area contributed by atoms with Crippen molar-refractivity contribution < 1.29 is 13.9 Å². The zero-order valence-corrected chi connectivity index (χ0v) is 13.4. The molecule has 0 aliphatic rings. The quantitative estimate of drug-likeness (QED) is 0.603. The average Bonchev–Trinajstić information content (AvgIpc) is 3.02. The lowest BCUT2D eigenvalue weighted by molar-refractivity contribution is -0.139. The van der Waals surface area contributed by atoms with Crippen molar-refractivity contribution >= 4 is 17.7 Å². The van der Waals surface area contributed by atoms with Crippen LogP contribution >= 0.6 is 11.8 Å². The molecule has 0 bridgehead atoms. The molecule has 0 radical (unpaired) electrons. The number of thioether (sulfide) groups is 1. The number of hydrogen-bond donors (Lipinski definition) is 0. The van der Waals surface area contributed by atoms with Gasteiger partial charge in [0.2, 0.25) is 0 Å². The number of hydrogen-bond acceptors (Lipinski definition) is 6. The molecule has 0 saturated heterocycles. The highest BCUT2D eigenvalue weighted by Crippen LogP contribution is 2.29. The first-order valence-electron chi connectivity index (χ1n) is 6.82. The Morgan fingerprint density at radius 3 is 2.81 bits per heavy atom. The van der Waals surface area contributed by atoms with Crippen molar-refractivity contribution in [3.63, 3.8) is 0 Å². The van der Waals surface area contributed by atoms with Crippen molar-refractivity contribution in [2.45, 2.75) is 38.9 Å². The molecular formula is C14H19N3O3S. The van der Waals surface area contributed by atoms with E-state index in [1.807, 2.05) is 17.6 Å². The SMILES string of the molecule is CCOC(=O)CSc1nnc(-c2ccoc2C)n1C(C)C. The van der Waals surface area contributed by atoms with Gasteiger partial charge in [-0.3, -0.25) is 9.36 Å². The molecule has 0 aliphatic heterocycles. The molecule has 0 N–H and O–H groups in total. The van der Waals surface area contributed by atoms with Gasteiger partial charge in [0.05, 0.1) is 24.2 Å². The Morgan fingerprint density at radius 1 is 1.48 bits per heavy atom. The van der Waals surface area contributed by atoms with Crippen molar-refractivity contribution in [3.05, 3.63) is 18.1 Å². The summed E-state index contributed by atoms with van der Waals surface area (Å²) in [6, 6.07) is 2.05. The fraction of sp³-hybridized carbons (Fsp3) is 0.500. The van der Waals surface area contributed by atoms with E-state index in [9.17, 15) is 4.79 Å². The van der Waals surface area contributed by atoms with E-state index in [4.69, 9.17) is 9.15 Å². The summed E-state index contributed by atoms with van der Waals surface area (Å²) in [7, 11) is 0. The van der Waals surface area contributed by atoms with Crippen LogP contribution in [0.15, 0.2) is 21.9 Å². The van der Waals surface area contributed by atoms with E-state index in [-0.39, 0.29) is 17.8 Å². The second-order valence-electron chi connectivity index (χ2n) is 4.75. The molecular weight excluding hydrogens is 290 g/mol. The number of nitrogens with zero attached hydrogens (tertiary/aromatic N) is 3. The lowest BCUT2D eigenvalue weighted by Gasteiger charge is -2.13. The van der Waals surface area contributed by atoms with Crippen molar-refractivity contribution in [2.24, 2.45) is 0 Å². The van der Waals surface area contributed by atoms with Crippen LogP contribution < -0.4 is 0 Å². The summed E-state index contributed by atoms with van der Waals surface area (Å²) in [6.07, 6.45) is 1.63. The molecule has 114 valence electrons. The number of carbonyl (C=O) groups excluding carboxylic acids is 1. The molecule has 21 heavy (non-hydrogen) atoms. The maximum Gasteiger partial charge on any atom is 0.316 e. The van der Waals surface area contributed by atoms with Crippen LogP contribution in [0.5, 0.6) is 0 Å². The summed E-state index contributed by atoms with van der Waals surface area (Å²) in [4.78, 5) is 11.5. The highest BCUT2D eigenvalue weighted by molar-refractivity contribution is 7.99. The van der Waals surface area contributed by atoms with Gasteiger partial charge < -0.3 is 9.15 Å². The Kier molecular flexibility index (Phi) is 5.06. The molecule has 0 aromatic carbocycles. The summed E-state index contributed by atoms with van der Waals surface area (Å²) in [5.41, 5.74) is 0.916. The standard InChI is InChI=1S/C14H19N3O3S/c1-5-19-12(18)8-21-14-16-15-13(17(14)9(2)3)11-6-7-20-10(11)4/h6-7,9H,5,8H2,1-4H3. The molecule has 2 aromatic heterocycles. The van der Waals surface area contributed by atoms with Gasteiger partial charge >= 0.3 is 5.97 Å². The van der Waals surface area contributed by atoms with Crippen LogP contribution in [0.2, 0.25) is 0 Å². The third-order valence-corrected chi connectivity index (χ3v) is 3.82. The van der Waals surface area contributed by atoms with Crippen molar-refractivity contribution in [1.29, 1.82) is 0 Å². The molecule has 6 nitrogen and oxygen atoms in total. The van der Waals surface area contributed by atoms with Crippen molar-refractivity contribution in [1.82, 2.24) is 14.8 Å². The van der Waals surface area contributed by atoms with E-state index in [0.717, 1.165) is 17.1 Å². The van der Waals surface area contributed by atoms with Gasteiger partial charge in [0.25, 0.3) is 0 Å². The second kappa shape index (κ2) is 6.80. The van der Waals surface area contributed by atoms with E-state index >= 15 is 0 Å². The number of ether oxygens (including phenoxy) is 1. The van der Waals surface area contributed by atoms with Crippen LogP contribution in [0, 0.1) is 6.92 Å². The van der Waals surface area contributed by atoms with Crippen LogP contribution in [-0.2, 0) is 9.53 Å². The summed E-state index contributed by atoms with van der Waals surface area (Å²) in [5.74, 6) is 1.53. The lowest BCUT2D eigenvalue weighted by Crippen LogP contribution is -2.09. The van der Waals surface area contributed by atoms with Gasteiger partial charge in [0, 0.05) is 6.04 Å². The fourth-order valence-corrected chi connectivity index (χ4v) is 2.83. The Bertz CT molecular complexity index is 619. The van der Waals surface area contributed by atoms with E-state index in [0.29, 0.717) is 11.8 Å². The summed E-state index contributed by atoms with van der Waals surface area (Å²) in [6.45, 7) is 8.17. The van der Waals surface area contributed by atoms with E-state index in [1.54, 1.807) is 13.2 Å². The topological polar surface area (TPSA) is 70.2 Å². The minimum Gasteiger partial charge on any atom is -0.469 e. The molecule has 0 unspecified atom stereocenters. The number of carbonyl (C=O) groups is 1. The first kappa shape index (κ1) is 15.6. The predicted molar refractivity (Wildman–Crippen MR) is 80.2 cm³/mol. The van der Waals surface area contributed by atoms with Gasteiger partial charge in [0.1, 0.15) is 5.76 Å². The van der Waals surface area contributed by atoms with E-state index in [2.05, 4.69) is 24.0 Å². The maximum atomic E-state index is 11.5. The first-order valence-corrected chi connectivity index (χ1v) is 7.81. The van der Waals surface area contributed by atoms with Gasteiger partial charge in [-0.05, 0) is 33.8 Å². The molecule has 0 amide bonds. The zero-order valence-electron chi connectivity index (χ0n) is 12.6. The monoisotopic (exact) mass is 309 g/mol. The third kappa shape index (κ3) is 3.47. The molecule has 2 heterocycles. The van der Waals surface area contributed by atoms with Gasteiger partial charge in [-0.1, -0.05) is 11.8 Å². The minimum atomic E-state index is -0.248. The smallest absolute Gasteiger partial charge is 0.316 e. The first-order chi connectivity index (χ1) is 10.0. The number of esters is 1. The van der Waals surface area contributed by atoms with Gasteiger partial charge in [-0.25, -0.2) is 0 Å². The highest BCUT2D eigenvalue weighted by atomic mass is 32.2. The van der Waals surface area contributed by atoms with Crippen LogP contribution in [-0.4, -0.2) is 33.1 Å². The number of rotatable bonds is 6. The Labute approximate surface area is 127 Å². The van der Waals surface area contributed by atoms with Crippen LogP contribution in [0.25, 0.3) is 11.4 Å². The molecule has 2 rings (SSSR count). The van der Waals surface area contributed by atoms with Crippen LogP contribution in [0.4, 0.5) is 0 Å². The zero-order chi connectivity index (χ0) is 15.4. The summed E-state index contributed by atoms with van der Waals surface area (Å²) >= 11 is 1.33. The molecule has 2 aromatic rings. The van der Waals surface area contributed by atoms with Crippen LogP contribution in [0.1, 0.15) is 32.6 Å². The van der Waals surface area contributed by atoms with Gasteiger partial charge in [0.15, 0.2) is 11.0 Å². The van der Waals surface area contributed by atoms with Crippen molar-refractivity contribution in [3.8, 4) is 11.4 Å². The molecule has 0 aliphatic carbocycles. The molecule has 0 spiro atoms. The molecule has 0 fully saturated rings. The van der Waals surface area contributed by atoms with Gasteiger partial charge in [-0.15, -0.1) is 10.2 Å². The Balaban J connectivity index is 2.25. The highest BCUT2D eigenvalue weighted by Gasteiger charge is 2.20. The predicted octanol–water partition coefficient (Wildman–Crippen LogP) is 3.08. The average molecular weight is 309 g/mol. The Morgan fingerprint density at radius 2 is 2.24 bits per heavy atom. The minimum absolute atomic E-state index is 0.175. The summed E-state index contributed by atoms with van der Waals surface area (Å²) in [5, 5.41) is 9.14. The third-order valence-electron chi connectivity index (χ3n) is 2.91.